The summed E-state index contributed by atoms with van der Waals surface area (Å²) in [6.45, 7) is 0. The first-order valence-corrected chi connectivity index (χ1v) is 6.24. The van der Waals surface area contributed by atoms with Crippen LogP contribution in [0.25, 0.3) is 10.8 Å². The molecule has 3 heteroatoms. The molecule has 0 saturated heterocycles. The molecule has 0 aliphatic carbocycles. The Balaban J connectivity index is 1.94. The summed E-state index contributed by atoms with van der Waals surface area (Å²) >= 11 is 0. The molecular formula is C16H14N2O. The van der Waals surface area contributed by atoms with Gasteiger partial charge in [0.15, 0.2) is 0 Å². The lowest BCUT2D eigenvalue weighted by atomic mass is 9.98. The average Bonchev–Trinajstić information content (AvgIpc) is 2.48. The maximum Gasteiger partial charge on any atom is 0.115 e. The lowest BCUT2D eigenvalue weighted by Crippen LogP contribution is -2.03. The molecule has 0 radical (unpaired) electrons. The highest BCUT2D eigenvalue weighted by molar-refractivity contribution is 5.85. The van der Waals surface area contributed by atoms with E-state index >= 15 is 0 Å². The first-order valence-electron chi connectivity index (χ1n) is 6.24. The zero-order valence-electron chi connectivity index (χ0n) is 10.4. The minimum atomic E-state index is -0.577. The second-order valence-electron chi connectivity index (χ2n) is 4.53. The van der Waals surface area contributed by atoms with Crippen LogP contribution in [0.15, 0.2) is 61.2 Å². The van der Waals surface area contributed by atoms with Crippen LogP contribution in [0.5, 0.6) is 0 Å². The van der Waals surface area contributed by atoms with Crippen molar-refractivity contribution in [3.05, 3.63) is 72.3 Å². The van der Waals surface area contributed by atoms with E-state index in [0.717, 1.165) is 11.1 Å². The first kappa shape index (κ1) is 11.8. The number of fused-ring (bicyclic) bond motifs is 1. The Kier molecular flexibility index (Phi) is 3.21. The fourth-order valence-corrected chi connectivity index (χ4v) is 2.28. The molecule has 1 atom stereocenters. The van der Waals surface area contributed by atoms with E-state index in [4.69, 9.17) is 0 Å². The number of rotatable bonds is 3. The third-order valence-corrected chi connectivity index (χ3v) is 3.26. The second kappa shape index (κ2) is 5.16. The molecule has 1 aromatic heterocycles. The van der Waals surface area contributed by atoms with Crippen LogP contribution < -0.4 is 0 Å². The fourth-order valence-electron chi connectivity index (χ4n) is 2.28. The van der Waals surface area contributed by atoms with Crippen molar-refractivity contribution in [3.8, 4) is 0 Å². The summed E-state index contributed by atoms with van der Waals surface area (Å²) in [7, 11) is 0. The Morgan fingerprint density at radius 3 is 2.53 bits per heavy atom. The molecule has 3 aromatic rings. The summed E-state index contributed by atoms with van der Waals surface area (Å²) in [5.41, 5.74) is 1.88. The van der Waals surface area contributed by atoms with Gasteiger partial charge in [-0.2, -0.15) is 0 Å². The van der Waals surface area contributed by atoms with E-state index in [1.54, 1.807) is 12.4 Å². The van der Waals surface area contributed by atoms with Gasteiger partial charge in [0.1, 0.15) is 6.33 Å². The van der Waals surface area contributed by atoms with Crippen LogP contribution in [0.2, 0.25) is 0 Å². The predicted molar refractivity (Wildman–Crippen MR) is 74.6 cm³/mol. The topological polar surface area (TPSA) is 46.0 Å². The van der Waals surface area contributed by atoms with E-state index in [0.29, 0.717) is 6.42 Å². The standard InChI is InChI=1S/C16H14N2O/c19-16(14-9-17-11-18-10-14)8-13-6-3-5-12-4-1-2-7-15(12)13/h1-7,9-11,16,19H,8H2. The molecule has 3 nitrogen and oxygen atoms in total. The largest absolute Gasteiger partial charge is 0.388 e. The van der Waals surface area contributed by atoms with E-state index < -0.39 is 6.10 Å². The Hall–Kier alpha value is -2.26. The van der Waals surface area contributed by atoms with E-state index in [9.17, 15) is 5.11 Å². The van der Waals surface area contributed by atoms with Crippen molar-refractivity contribution in [1.82, 2.24) is 9.97 Å². The average molecular weight is 250 g/mol. The lowest BCUT2D eigenvalue weighted by Gasteiger charge is -2.12. The highest BCUT2D eigenvalue weighted by Crippen LogP contribution is 2.23. The fraction of sp³-hybridized carbons (Fsp3) is 0.125. The summed E-state index contributed by atoms with van der Waals surface area (Å²) in [5.74, 6) is 0. The van der Waals surface area contributed by atoms with E-state index in [1.807, 2.05) is 18.2 Å². The molecular weight excluding hydrogens is 236 g/mol. The van der Waals surface area contributed by atoms with Gasteiger partial charge in [0, 0.05) is 24.4 Å². The number of benzene rings is 2. The molecule has 1 heterocycles. The molecule has 0 aliphatic heterocycles. The van der Waals surface area contributed by atoms with Crippen LogP contribution in [-0.4, -0.2) is 15.1 Å². The van der Waals surface area contributed by atoms with Gasteiger partial charge in [-0.15, -0.1) is 0 Å². The maximum atomic E-state index is 10.3. The van der Waals surface area contributed by atoms with Crippen molar-refractivity contribution >= 4 is 10.8 Å². The smallest absolute Gasteiger partial charge is 0.115 e. The van der Waals surface area contributed by atoms with Crippen molar-refractivity contribution < 1.29 is 5.11 Å². The summed E-state index contributed by atoms with van der Waals surface area (Å²) in [4.78, 5) is 7.88. The summed E-state index contributed by atoms with van der Waals surface area (Å²) < 4.78 is 0. The highest BCUT2D eigenvalue weighted by Gasteiger charge is 2.10. The number of hydrogen-bond donors (Lipinski definition) is 1. The van der Waals surface area contributed by atoms with Crippen LogP contribution >= 0.6 is 0 Å². The molecule has 2 aromatic carbocycles. The highest BCUT2D eigenvalue weighted by atomic mass is 16.3. The molecule has 1 N–H and O–H groups in total. The number of hydrogen-bond acceptors (Lipinski definition) is 3. The van der Waals surface area contributed by atoms with E-state index in [-0.39, 0.29) is 0 Å². The maximum absolute atomic E-state index is 10.3. The van der Waals surface area contributed by atoms with Gasteiger partial charge in [-0.05, 0) is 16.3 Å². The third-order valence-electron chi connectivity index (χ3n) is 3.26. The first-order chi connectivity index (χ1) is 9.34. The third kappa shape index (κ3) is 2.46. The molecule has 0 spiro atoms. The van der Waals surface area contributed by atoms with Crippen molar-refractivity contribution in [2.45, 2.75) is 12.5 Å². The van der Waals surface area contributed by atoms with Crippen LogP contribution in [0, 0.1) is 0 Å². The predicted octanol–water partition coefficient (Wildman–Crippen LogP) is 2.91. The summed E-state index contributed by atoms with van der Waals surface area (Å²) in [6.07, 6.45) is 4.76. The molecule has 0 fully saturated rings. The molecule has 19 heavy (non-hydrogen) atoms. The van der Waals surface area contributed by atoms with Crippen molar-refractivity contribution in [2.24, 2.45) is 0 Å². The molecule has 0 bridgehead atoms. The second-order valence-corrected chi connectivity index (χ2v) is 4.53. The summed E-state index contributed by atoms with van der Waals surface area (Å²) in [5, 5.41) is 12.6. The monoisotopic (exact) mass is 250 g/mol. The van der Waals surface area contributed by atoms with Crippen molar-refractivity contribution in [2.75, 3.05) is 0 Å². The van der Waals surface area contributed by atoms with Gasteiger partial charge in [-0.1, -0.05) is 42.5 Å². The Morgan fingerprint density at radius 1 is 0.947 bits per heavy atom. The van der Waals surface area contributed by atoms with Gasteiger partial charge in [-0.25, -0.2) is 9.97 Å². The van der Waals surface area contributed by atoms with Crippen molar-refractivity contribution in [1.29, 1.82) is 0 Å². The summed E-state index contributed by atoms with van der Waals surface area (Å²) in [6, 6.07) is 14.4. The lowest BCUT2D eigenvalue weighted by molar-refractivity contribution is 0.178. The molecule has 3 rings (SSSR count). The van der Waals surface area contributed by atoms with Gasteiger partial charge >= 0.3 is 0 Å². The minimum absolute atomic E-state index is 0.564. The van der Waals surface area contributed by atoms with Gasteiger partial charge in [0.05, 0.1) is 6.10 Å². The van der Waals surface area contributed by atoms with Crippen molar-refractivity contribution in [3.63, 3.8) is 0 Å². The molecule has 94 valence electrons. The van der Waals surface area contributed by atoms with E-state index in [1.165, 1.54) is 17.1 Å². The Morgan fingerprint density at radius 2 is 1.68 bits per heavy atom. The van der Waals surface area contributed by atoms with Crippen LogP contribution in [0.4, 0.5) is 0 Å². The number of aromatic nitrogens is 2. The van der Waals surface area contributed by atoms with Gasteiger partial charge in [0.2, 0.25) is 0 Å². The number of nitrogens with zero attached hydrogens (tertiary/aromatic N) is 2. The van der Waals surface area contributed by atoms with Crippen LogP contribution in [-0.2, 0) is 6.42 Å². The SMILES string of the molecule is OC(Cc1cccc2ccccc12)c1cncnc1. The number of aliphatic hydroxyl groups is 1. The zero-order valence-corrected chi connectivity index (χ0v) is 10.4. The van der Waals surface area contributed by atoms with E-state index in [2.05, 4.69) is 34.2 Å². The Labute approximate surface area is 111 Å². The van der Waals surface area contributed by atoms with Crippen LogP contribution in [0.3, 0.4) is 0 Å². The molecule has 0 saturated carbocycles. The van der Waals surface area contributed by atoms with Crippen LogP contribution in [0.1, 0.15) is 17.2 Å². The zero-order chi connectivity index (χ0) is 13.1. The Bertz CT molecular complexity index is 677. The molecule has 1 unspecified atom stereocenters. The molecule has 0 amide bonds. The van der Waals surface area contributed by atoms with Gasteiger partial charge < -0.3 is 5.11 Å². The van der Waals surface area contributed by atoms with Gasteiger partial charge in [0.25, 0.3) is 0 Å². The quantitative estimate of drug-likeness (QED) is 0.777. The number of aliphatic hydroxyl groups excluding tert-OH is 1. The van der Waals surface area contributed by atoms with Gasteiger partial charge in [-0.3, -0.25) is 0 Å². The minimum Gasteiger partial charge on any atom is -0.388 e. The normalized spacial score (nSPS) is 12.5. The molecule has 0 aliphatic rings.